The van der Waals surface area contributed by atoms with Crippen LogP contribution in [0.1, 0.15) is 40.5 Å². The van der Waals surface area contributed by atoms with Crippen LogP contribution in [0.15, 0.2) is 51.7 Å². The Morgan fingerprint density at radius 2 is 1.89 bits per heavy atom. The van der Waals surface area contributed by atoms with Gasteiger partial charge in [0.1, 0.15) is 16.4 Å². The lowest BCUT2D eigenvalue weighted by atomic mass is 9.84. The van der Waals surface area contributed by atoms with Gasteiger partial charge in [-0.3, -0.25) is 19.3 Å². The molecule has 1 spiro atoms. The fraction of sp³-hybridized carbons (Fsp3) is 0.240. The Balaban J connectivity index is 1.72. The molecule has 2 aromatic carbocycles. The van der Waals surface area contributed by atoms with Crippen molar-refractivity contribution in [1.29, 1.82) is 0 Å². The number of carbonyl (C=O) groups is 2. The van der Waals surface area contributed by atoms with Gasteiger partial charge >= 0.3 is 0 Å². The number of carbonyl (C=O) groups excluding carboxylic acids is 2. The maximum atomic E-state index is 14.1. The second-order valence-electron chi connectivity index (χ2n) is 9.08. The van der Waals surface area contributed by atoms with Crippen LogP contribution >= 0.6 is 11.3 Å². The molecule has 0 aliphatic carbocycles. The molecule has 0 saturated carbocycles. The third-order valence-electron chi connectivity index (χ3n) is 6.45. The minimum absolute atomic E-state index is 0.0460. The predicted molar refractivity (Wildman–Crippen MR) is 128 cm³/mol. The van der Waals surface area contributed by atoms with Gasteiger partial charge in [-0.25, -0.2) is 4.39 Å². The van der Waals surface area contributed by atoms with Crippen molar-refractivity contribution in [2.75, 3.05) is 16.8 Å². The minimum atomic E-state index is -1.84. The summed E-state index contributed by atoms with van der Waals surface area (Å²) in [5.41, 5.74) is -1.56. The molecule has 2 aliphatic rings. The summed E-state index contributed by atoms with van der Waals surface area (Å²) in [7, 11) is 1.59. The quantitative estimate of drug-likeness (QED) is 0.433. The van der Waals surface area contributed by atoms with E-state index < -0.39 is 28.6 Å². The zero-order valence-corrected chi connectivity index (χ0v) is 19.9. The number of nitrogens with zero attached hydrogens (tertiary/aromatic N) is 4. The molecule has 1 unspecified atom stereocenters. The van der Waals surface area contributed by atoms with Crippen LogP contribution in [0, 0.1) is 11.7 Å². The standard InChI is InChI=1S/C25H19FN4O4S/c1-12(2)10-18-27-28-24(35-18)30-22(32)21-19(20(31)14-11-13(26)8-9-17(14)34-21)25(30)15-6-4-5-7-16(15)29(3)23(25)33/h4-9,11-12H,10H2,1-3H3. The molecule has 2 amide bonds. The van der Waals surface area contributed by atoms with Crippen LogP contribution in [-0.4, -0.2) is 29.1 Å². The van der Waals surface area contributed by atoms with Crippen LogP contribution in [0.4, 0.5) is 15.2 Å². The lowest BCUT2D eigenvalue weighted by molar-refractivity contribution is -0.121. The monoisotopic (exact) mass is 490 g/mol. The predicted octanol–water partition coefficient (Wildman–Crippen LogP) is 3.86. The Bertz CT molecular complexity index is 1630. The highest BCUT2D eigenvalue weighted by Crippen LogP contribution is 2.53. The number of fused-ring (bicyclic) bond motifs is 5. The van der Waals surface area contributed by atoms with Gasteiger partial charge in [0.2, 0.25) is 10.9 Å². The fourth-order valence-electron chi connectivity index (χ4n) is 5.01. The van der Waals surface area contributed by atoms with Gasteiger partial charge in [0, 0.05) is 24.7 Å². The number of benzene rings is 2. The highest BCUT2D eigenvalue weighted by atomic mass is 32.1. The van der Waals surface area contributed by atoms with E-state index in [-0.39, 0.29) is 27.4 Å². The molecule has 0 bridgehead atoms. The molecule has 6 rings (SSSR count). The first kappa shape index (κ1) is 21.6. The lowest BCUT2D eigenvalue weighted by Gasteiger charge is -2.31. The number of rotatable bonds is 3. The summed E-state index contributed by atoms with van der Waals surface area (Å²) in [4.78, 5) is 44.5. The van der Waals surface area contributed by atoms with Crippen molar-refractivity contribution in [3.63, 3.8) is 0 Å². The normalized spacial score (nSPS) is 18.9. The second kappa shape index (κ2) is 7.29. The third kappa shape index (κ3) is 2.74. The number of para-hydroxylation sites is 1. The van der Waals surface area contributed by atoms with Crippen LogP contribution in [0.25, 0.3) is 11.0 Å². The van der Waals surface area contributed by atoms with Crippen molar-refractivity contribution in [1.82, 2.24) is 10.2 Å². The van der Waals surface area contributed by atoms with Gasteiger partial charge in [0.05, 0.1) is 10.9 Å². The van der Waals surface area contributed by atoms with Crippen molar-refractivity contribution in [3.8, 4) is 0 Å². The van der Waals surface area contributed by atoms with E-state index >= 15 is 0 Å². The highest BCUT2D eigenvalue weighted by molar-refractivity contribution is 7.15. The Kier molecular flexibility index (Phi) is 4.50. The molecule has 4 heterocycles. The van der Waals surface area contributed by atoms with Gasteiger partial charge < -0.3 is 9.32 Å². The van der Waals surface area contributed by atoms with Crippen molar-refractivity contribution in [3.05, 3.63) is 80.4 Å². The van der Waals surface area contributed by atoms with Gasteiger partial charge in [-0.05, 0) is 30.2 Å². The first-order valence-corrected chi connectivity index (χ1v) is 11.9. The summed E-state index contributed by atoms with van der Waals surface area (Å²) in [6, 6.07) is 10.5. The lowest BCUT2D eigenvalue weighted by Crippen LogP contribution is -2.53. The molecule has 2 aliphatic heterocycles. The summed E-state index contributed by atoms with van der Waals surface area (Å²) in [5.74, 6) is -1.76. The fourth-order valence-corrected chi connectivity index (χ4v) is 6.11. The SMILES string of the molecule is CC(C)Cc1nnc(N2C(=O)c3oc4ccc(F)cc4c(=O)c3C23C(=O)N(C)c2ccccc23)s1. The summed E-state index contributed by atoms with van der Waals surface area (Å²) < 4.78 is 20.0. The van der Waals surface area contributed by atoms with E-state index in [1.165, 1.54) is 27.2 Å². The van der Waals surface area contributed by atoms with Crippen LogP contribution in [0.2, 0.25) is 0 Å². The summed E-state index contributed by atoms with van der Waals surface area (Å²) in [6.07, 6.45) is 0.643. The Morgan fingerprint density at radius 1 is 1.11 bits per heavy atom. The number of anilines is 2. The largest absolute Gasteiger partial charge is 0.450 e. The summed E-state index contributed by atoms with van der Waals surface area (Å²) in [5, 5.41) is 9.32. The maximum Gasteiger partial charge on any atom is 0.297 e. The molecule has 2 aromatic heterocycles. The molecular formula is C25H19FN4O4S. The van der Waals surface area contributed by atoms with Crippen molar-refractivity contribution < 1.29 is 18.4 Å². The summed E-state index contributed by atoms with van der Waals surface area (Å²) in [6.45, 7) is 4.08. The average molecular weight is 491 g/mol. The van der Waals surface area contributed by atoms with Gasteiger partial charge in [-0.15, -0.1) is 10.2 Å². The van der Waals surface area contributed by atoms with E-state index in [9.17, 15) is 18.8 Å². The van der Waals surface area contributed by atoms with E-state index in [1.807, 2.05) is 13.8 Å². The third-order valence-corrected chi connectivity index (χ3v) is 7.38. The van der Waals surface area contributed by atoms with Gasteiger partial charge in [0.15, 0.2) is 11.0 Å². The van der Waals surface area contributed by atoms with Crippen molar-refractivity contribution >= 4 is 44.9 Å². The number of halogens is 1. The average Bonchev–Trinajstić information content (AvgIpc) is 3.44. The molecule has 10 heteroatoms. The first-order chi connectivity index (χ1) is 16.7. The van der Waals surface area contributed by atoms with Crippen molar-refractivity contribution in [2.45, 2.75) is 25.8 Å². The topological polar surface area (TPSA) is 96.6 Å². The van der Waals surface area contributed by atoms with E-state index in [0.717, 1.165) is 12.1 Å². The Hall–Kier alpha value is -3.92. The molecule has 0 fully saturated rings. The molecule has 176 valence electrons. The van der Waals surface area contributed by atoms with Crippen LogP contribution in [0.5, 0.6) is 0 Å². The molecule has 4 aromatic rings. The zero-order valence-electron chi connectivity index (χ0n) is 19.0. The Morgan fingerprint density at radius 3 is 2.66 bits per heavy atom. The highest BCUT2D eigenvalue weighted by Gasteiger charge is 2.66. The molecule has 35 heavy (non-hydrogen) atoms. The molecule has 0 radical (unpaired) electrons. The van der Waals surface area contributed by atoms with Crippen LogP contribution in [0.3, 0.4) is 0 Å². The number of hydrogen-bond acceptors (Lipinski definition) is 7. The minimum Gasteiger partial charge on any atom is -0.450 e. The smallest absolute Gasteiger partial charge is 0.297 e. The number of amides is 2. The molecular weight excluding hydrogens is 471 g/mol. The molecule has 1 atom stereocenters. The van der Waals surface area contributed by atoms with Crippen molar-refractivity contribution in [2.24, 2.45) is 5.92 Å². The van der Waals surface area contributed by atoms with E-state index in [0.29, 0.717) is 28.6 Å². The number of hydrogen-bond donors (Lipinski definition) is 0. The number of aromatic nitrogens is 2. The summed E-state index contributed by atoms with van der Waals surface area (Å²) >= 11 is 1.19. The van der Waals surface area contributed by atoms with Crippen LogP contribution in [-0.2, 0) is 16.8 Å². The Labute approximate surface area is 202 Å². The maximum absolute atomic E-state index is 14.1. The van der Waals surface area contributed by atoms with E-state index in [2.05, 4.69) is 10.2 Å². The van der Waals surface area contributed by atoms with Gasteiger partial charge in [-0.1, -0.05) is 43.4 Å². The number of likely N-dealkylation sites (N-methyl/N-ethyl adjacent to an activating group) is 1. The van der Waals surface area contributed by atoms with Gasteiger partial charge in [-0.2, -0.15) is 0 Å². The zero-order chi connectivity index (χ0) is 24.6. The van der Waals surface area contributed by atoms with E-state index in [4.69, 9.17) is 4.42 Å². The van der Waals surface area contributed by atoms with E-state index in [1.54, 1.807) is 31.3 Å². The van der Waals surface area contributed by atoms with Crippen LogP contribution < -0.4 is 15.2 Å². The second-order valence-corrected chi connectivity index (χ2v) is 10.1. The van der Waals surface area contributed by atoms with Gasteiger partial charge in [0.25, 0.3) is 11.8 Å². The molecule has 0 saturated heterocycles. The first-order valence-electron chi connectivity index (χ1n) is 11.1. The molecule has 8 nitrogen and oxygen atoms in total. The molecule has 0 N–H and O–H groups in total.